The van der Waals surface area contributed by atoms with Gasteiger partial charge in [-0.15, -0.1) is 13.2 Å². The van der Waals surface area contributed by atoms with E-state index in [0.717, 1.165) is 30.0 Å². The number of ether oxygens (including phenoxy) is 1. The van der Waals surface area contributed by atoms with E-state index in [0.29, 0.717) is 36.2 Å². The molecule has 7 nitrogen and oxygen atoms in total. The highest BCUT2D eigenvalue weighted by atomic mass is 35.5. The summed E-state index contributed by atoms with van der Waals surface area (Å²) in [6, 6.07) is 6.09. The summed E-state index contributed by atoms with van der Waals surface area (Å²) in [5.74, 6) is -1.32. The molecular weight excluding hydrogens is 508 g/mol. The Labute approximate surface area is 195 Å². The fourth-order valence-electron chi connectivity index (χ4n) is 3.50. The summed E-state index contributed by atoms with van der Waals surface area (Å²) in [4.78, 5) is 4.90. The number of rotatable bonds is 6. The highest BCUT2D eigenvalue weighted by molar-refractivity contribution is 7.93. The van der Waals surface area contributed by atoms with E-state index in [1.54, 1.807) is 0 Å². The zero-order chi connectivity index (χ0) is 23.8. The Balaban J connectivity index is 1.57. The van der Waals surface area contributed by atoms with Gasteiger partial charge in [-0.2, -0.15) is 4.37 Å². The number of fused-ring (bicyclic) bond motifs is 1. The predicted octanol–water partition coefficient (Wildman–Crippen LogP) is 4.98. The minimum atomic E-state index is -4.79. The van der Waals surface area contributed by atoms with Gasteiger partial charge in [0.25, 0.3) is 10.0 Å². The summed E-state index contributed by atoms with van der Waals surface area (Å²) in [6.07, 6.45) is -2.43. The molecule has 3 aromatic rings. The van der Waals surface area contributed by atoms with E-state index < -0.39 is 27.1 Å². The predicted molar refractivity (Wildman–Crippen MR) is 115 cm³/mol. The lowest BCUT2D eigenvalue weighted by Gasteiger charge is -2.32. The average molecular weight is 523 g/mol. The number of sulfonamides is 1. The lowest BCUT2D eigenvalue weighted by Crippen LogP contribution is -2.29. The molecule has 0 aliphatic carbocycles. The van der Waals surface area contributed by atoms with Crippen molar-refractivity contribution in [2.24, 2.45) is 0 Å². The van der Waals surface area contributed by atoms with Gasteiger partial charge in [0, 0.05) is 35.3 Å². The van der Waals surface area contributed by atoms with Crippen molar-refractivity contribution in [1.82, 2.24) is 9.36 Å². The van der Waals surface area contributed by atoms with Gasteiger partial charge in [0.05, 0.1) is 0 Å². The number of alkyl halides is 3. The van der Waals surface area contributed by atoms with Crippen LogP contribution in [0, 0.1) is 5.82 Å². The molecular formula is C19H15ClF4N4O3S2. The third-order valence-electron chi connectivity index (χ3n) is 4.83. The molecule has 2 heterocycles. The monoisotopic (exact) mass is 522 g/mol. The van der Waals surface area contributed by atoms with Gasteiger partial charge >= 0.3 is 6.36 Å². The standard InChI is InChI=1S/C19H15ClF4N4O3S2/c20-14-8-17(33(29,30)27-18-25-10-26-32-18)15(21)7-12(14)9-28-5-1-2-11-6-13(3-4-16(11)28)31-19(22,23)24/h3-4,6-8,10H,1-2,5,9H2,(H,25,26,27). The molecule has 1 N–H and O–H groups in total. The number of aryl methyl sites for hydroxylation is 1. The van der Waals surface area contributed by atoms with Crippen LogP contribution in [0.5, 0.6) is 5.75 Å². The maximum Gasteiger partial charge on any atom is 0.573 e. The van der Waals surface area contributed by atoms with E-state index in [1.165, 1.54) is 18.2 Å². The molecule has 14 heteroatoms. The van der Waals surface area contributed by atoms with Crippen molar-refractivity contribution in [2.75, 3.05) is 16.2 Å². The normalized spacial score (nSPS) is 14.2. The van der Waals surface area contributed by atoms with Crippen molar-refractivity contribution < 1.29 is 30.7 Å². The van der Waals surface area contributed by atoms with Crippen molar-refractivity contribution in [2.45, 2.75) is 30.6 Å². The third kappa shape index (κ3) is 5.47. The maximum absolute atomic E-state index is 14.8. The van der Waals surface area contributed by atoms with E-state index in [1.807, 2.05) is 4.90 Å². The van der Waals surface area contributed by atoms with E-state index in [2.05, 4.69) is 18.8 Å². The van der Waals surface area contributed by atoms with Crippen LogP contribution in [0.25, 0.3) is 0 Å². The van der Waals surface area contributed by atoms with E-state index >= 15 is 0 Å². The highest BCUT2D eigenvalue weighted by Gasteiger charge is 2.32. The second-order valence-electron chi connectivity index (χ2n) is 7.09. The first-order valence-corrected chi connectivity index (χ1v) is 12.1. The minimum absolute atomic E-state index is 0.0200. The van der Waals surface area contributed by atoms with Crippen molar-refractivity contribution >= 4 is 44.0 Å². The molecule has 2 aromatic carbocycles. The molecule has 0 fully saturated rings. The van der Waals surface area contributed by atoms with Crippen LogP contribution in [0.3, 0.4) is 0 Å². The summed E-state index contributed by atoms with van der Waals surface area (Å²) >= 11 is 7.07. The fourth-order valence-corrected chi connectivity index (χ4v) is 5.54. The summed E-state index contributed by atoms with van der Waals surface area (Å²) in [5.41, 5.74) is 1.65. The maximum atomic E-state index is 14.8. The Morgan fingerprint density at radius 3 is 2.73 bits per heavy atom. The first-order chi connectivity index (χ1) is 15.5. The molecule has 176 valence electrons. The van der Waals surface area contributed by atoms with Crippen LogP contribution in [0.4, 0.5) is 28.4 Å². The lowest BCUT2D eigenvalue weighted by atomic mass is 10.0. The summed E-state index contributed by atoms with van der Waals surface area (Å²) in [6.45, 7) is 0.690. The van der Waals surface area contributed by atoms with Crippen molar-refractivity contribution in [3.05, 3.63) is 58.6 Å². The summed E-state index contributed by atoms with van der Waals surface area (Å²) in [5, 5.41) is 0.00609. The Kier molecular flexibility index (Phi) is 6.38. The first kappa shape index (κ1) is 23.5. The van der Waals surface area contributed by atoms with Crippen molar-refractivity contribution in [1.29, 1.82) is 0 Å². The van der Waals surface area contributed by atoms with Gasteiger partial charge in [0.2, 0.25) is 5.13 Å². The molecule has 4 rings (SSSR count). The van der Waals surface area contributed by atoms with Crippen molar-refractivity contribution in [3.8, 4) is 5.75 Å². The SMILES string of the molecule is O=S(=O)(Nc1ncns1)c1cc(Cl)c(CN2CCCc3cc(OC(F)(F)F)ccc32)cc1F. The number of anilines is 2. The van der Waals surface area contributed by atoms with Crippen molar-refractivity contribution in [3.63, 3.8) is 0 Å². The van der Waals surface area contributed by atoms with E-state index in [-0.39, 0.29) is 22.4 Å². The molecule has 1 aromatic heterocycles. The molecule has 0 unspecified atom stereocenters. The molecule has 33 heavy (non-hydrogen) atoms. The number of nitrogens with one attached hydrogen (secondary N) is 1. The Morgan fingerprint density at radius 1 is 1.24 bits per heavy atom. The van der Waals surface area contributed by atoms with Gasteiger partial charge in [-0.3, -0.25) is 4.72 Å². The zero-order valence-electron chi connectivity index (χ0n) is 16.6. The summed E-state index contributed by atoms with van der Waals surface area (Å²) < 4.78 is 87.1. The minimum Gasteiger partial charge on any atom is -0.406 e. The largest absolute Gasteiger partial charge is 0.573 e. The number of hydrogen-bond acceptors (Lipinski definition) is 7. The summed E-state index contributed by atoms with van der Waals surface area (Å²) in [7, 11) is -4.28. The molecule has 0 saturated heterocycles. The Bertz CT molecular complexity index is 1270. The molecule has 0 atom stereocenters. The van der Waals surface area contributed by atoms with Crippen LogP contribution in [0.1, 0.15) is 17.5 Å². The van der Waals surface area contributed by atoms with Crippen LogP contribution in [-0.2, 0) is 23.0 Å². The Hall–Kier alpha value is -2.64. The molecule has 0 saturated carbocycles. The molecule has 1 aliphatic rings. The highest BCUT2D eigenvalue weighted by Crippen LogP contribution is 2.35. The molecule has 0 bridgehead atoms. The quantitative estimate of drug-likeness (QED) is 0.460. The molecule has 0 spiro atoms. The lowest BCUT2D eigenvalue weighted by molar-refractivity contribution is -0.274. The second kappa shape index (κ2) is 8.95. The number of hydrogen-bond donors (Lipinski definition) is 1. The fraction of sp³-hybridized carbons (Fsp3) is 0.263. The van der Waals surface area contributed by atoms with Crippen LogP contribution in [0.2, 0.25) is 5.02 Å². The van der Waals surface area contributed by atoms with Crippen LogP contribution >= 0.6 is 23.1 Å². The molecule has 0 amide bonds. The third-order valence-corrected chi connectivity index (χ3v) is 7.25. The van der Waals surface area contributed by atoms with Gasteiger partial charge in [-0.05, 0) is 54.3 Å². The van der Waals surface area contributed by atoms with E-state index in [4.69, 9.17) is 11.6 Å². The number of aromatic nitrogens is 2. The van der Waals surface area contributed by atoms with Crippen LogP contribution in [0.15, 0.2) is 41.6 Å². The van der Waals surface area contributed by atoms with E-state index in [9.17, 15) is 26.0 Å². The van der Waals surface area contributed by atoms with Gasteiger partial charge in [-0.25, -0.2) is 17.8 Å². The first-order valence-electron chi connectivity index (χ1n) is 9.43. The van der Waals surface area contributed by atoms with Gasteiger partial charge in [0.15, 0.2) is 0 Å². The number of benzene rings is 2. The number of halogens is 5. The molecule has 1 aliphatic heterocycles. The topological polar surface area (TPSA) is 84.4 Å². The Morgan fingerprint density at radius 2 is 2.03 bits per heavy atom. The second-order valence-corrected chi connectivity index (χ2v) is 9.93. The average Bonchev–Trinajstić information content (AvgIpc) is 3.21. The molecule has 0 radical (unpaired) electrons. The smallest absolute Gasteiger partial charge is 0.406 e. The van der Waals surface area contributed by atoms with Gasteiger partial charge in [0.1, 0.15) is 22.8 Å². The van der Waals surface area contributed by atoms with Gasteiger partial charge in [-0.1, -0.05) is 11.6 Å². The van der Waals surface area contributed by atoms with Crippen LogP contribution < -0.4 is 14.4 Å². The number of nitrogens with zero attached hydrogens (tertiary/aromatic N) is 3. The van der Waals surface area contributed by atoms with Crippen LogP contribution in [-0.4, -0.2) is 30.7 Å². The zero-order valence-corrected chi connectivity index (χ0v) is 19.0. The van der Waals surface area contributed by atoms with Gasteiger partial charge < -0.3 is 9.64 Å².